The third-order valence-corrected chi connectivity index (χ3v) is 3.11. The highest BCUT2D eigenvalue weighted by Gasteiger charge is 2.32. The minimum absolute atomic E-state index is 0.0259. The Labute approximate surface area is 109 Å². The van der Waals surface area contributed by atoms with Gasteiger partial charge in [-0.25, -0.2) is 0 Å². The van der Waals surface area contributed by atoms with Gasteiger partial charge in [0, 0.05) is 19.3 Å². The molecule has 1 fully saturated rings. The zero-order valence-corrected chi connectivity index (χ0v) is 10.5. The van der Waals surface area contributed by atoms with Crippen LogP contribution in [0.25, 0.3) is 0 Å². The normalized spacial score (nSPS) is 15.2. The zero-order valence-electron chi connectivity index (χ0n) is 10.5. The number of amides is 1. The van der Waals surface area contributed by atoms with Crippen LogP contribution in [0.5, 0.6) is 0 Å². The summed E-state index contributed by atoms with van der Waals surface area (Å²) < 4.78 is 37.9. The predicted molar refractivity (Wildman–Crippen MR) is 66.0 cm³/mol. The van der Waals surface area contributed by atoms with E-state index in [-0.39, 0.29) is 5.56 Å². The largest absolute Gasteiger partial charge is 0.416 e. The molecule has 0 saturated heterocycles. The van der Waals surface area contributed by atoms with Crippen LogP contribution >= 0.6 is 0 Å². The van der Waals surface area contributed by atoms with Crippen molar-refractivity contribution in [2.24, 2.45) is 5.92 Å². The third-order valence-electron chi connectivity index (χ3n) is 3.11. The molecule has 0 radical (unpaired) electrons. The average Bonchev–Trinajstić information content (AvgIpc) is 3.18. The molecule has 0 unspecified atom stereocenters. The molecule has 6 heteroatoms. The fraction of sp³-hybridized carbons (Fsp3) is 0.462. The van der Waals surface area contributed by atoms with E-state index >= 15 is 0 Å². The molecule has 0 spiro atoms. The van der Waals surface area contributed by atoms with E-state index in [4.69, 9.17) is 0 Å². The van der Waals surface area contributed by atoms with Crippen LogP contribution in [0.3, 0.4) is 0 Å². The first-order chi connectivity index (χ1) is 8.91. The number of nitrogens with one attached hydrogen (secondary N) is 2. The quantitative estimate of drug-likeness (QED) is 0.885. The van der Waals surface area contributed by atoms with Gasteiger partial charge in [0.2, 0.25) is 0 Å². The molecule has 1 aliphatic rings. The monoisotopic (exact) mass is 272 g/mol. The van der Waals surface area contributed by atoms with Gasteiger partial charge in [0.1, 0.15) is 0 Å². The summed E-state index contributed by atoms with van der Waals surface area (Å²) in [5.74, 6) is 0.00938. The van der Waals surface area contributed by atoms with E-state index in [1.54, 1.807) is 7.05 Å². The lowest BCUT2D eigenvalue weighted by molar-refractivity contribution is -0.137. The number of carbonyl (C=O) groups excluding carboxylic acids is 1. The lowest BCUT2D eigenvalue weighted by atomic mass is 10.1. The molecule has 2 rings (SSSR count). The Hall–Kier alpha value is -1.72. The second kappa shape index (κ2) is 5.11. The van der Waals surface area contributed by atoms with Crippen LogP contribution in [0.15, 0.2) is 18.2 Å². The van der Waals surface area contributed by atoms with Gasteiger partial charge in [-0.2, -0.15) is 13.2 Å². The van der Waals surface area contributed by atoms with Crippen molar-refractivity contribution in [3.05, 3.63) is 29.3 Å². The van der Waals surface area contributed by atoms with Crippen molar-refractivity contribution in [2.45, 2.75) is 19.0 Å². The van der Waals surface area contributed by atoms with Gasteiger partial charge in [-0.05, 0) is 37.0 Å². The van der Waals surface area contributed by atoms with E-state index in [2.05, 4.69) is 10.6 Å². The topological polar surface area (TPSA) is 41.1 Å². The van der Waals surface area contributed by atoms with Crippen molar-refractivity contribution in [3.63, 3.8) is 0 Å². The molecule has 2 N–H and O–H groups in total. The molecule has 0 bridgehead atoms. The van der Waals surface area contributed by atoms with Crippen LogP contribution in [-0.4, -0.2) is 19.5 Å². The maximum absolute atomic E-state index is 12.6. The lowest BCUT2D eigenvalue weighted by Gasteiger charge is -2.13. The molecule has 104 valence electrons. The Bertz CT molecular complexity index is 481. The van der Waals surface area contributed by atoms with Gasteiger partial charge in [0.05, 0.1) is 11.1 Å². The average molecular weight is 272 g/mol. The summed E-state index contributed by atoms with van der Waals surface area (Å²) in [5, 5.41) is 5.40. The number of alkyl halides is 3. The molecule has 1 aliphatic carbocycles. The Morgan fingerprint density at radius 3 is 2.58 bits per heavy atom. The standard InChI is InChI=1S/C13H15F3N2O/c1-17-11-5-4-9(13(14,15)16)6-10(11)12(19)18-7-8-2-3-8/h4-6,8,17H,2-3,7H2,1H3,(H,18,19). The van der Waals surface area contributed by atoms with Crippen LogP contribution in [0, 0.1) is 5.92 Å². The number of benzene rings is 1. The summed E-state index contributed by atoms with van der Waals surface area (Å²) in [7, 11) is 1.57. The molecule has 1 amide bonds. The van der Waals surface area contributed by atoms with Gasteiger partial charge >= 0.3 is 6.18 Å². The molecule has 0 aromatic heterocycles. The molecule has 1 saturated carbocycles. The van der Waals surface area contributed by atoms with Crippen LogP contribution in [0.2, 0.25) is 0 Å². The molecule has 1 aromatic carbocycles. The second-order valence-corrected chi connectivity index (χ2v) is 4.66. The summed E-state index contributed by atoms with van der Waals surface area (Å²) >= 11 is 0. The summed E-state index contributed by atoms with van der Waals surface area (Å²) in [6.45, 7) is 0.526. The number of halogens is 3. The fourth-order valence-corrected chi connectivity index (χ4v) is 1.78. The number of hydrogen-bond acceptors (Lipinski definition) is 2. The molecular weight excluding hydrogens is 257 g/mol. The van der Waals surface area contributed by atoms with Gasteiger partial charge in [-0.1, -0.05) is 0 Å². The summed E-state index contributed by atoms with van der Waals surface area (Å²) in [5.41, 5.74) is -0.401. The highest BCUT2D eigenvalue weighted by Crippen LogP contribution is 2.32. The SMILES string of the molecule is CNc1ccc(C(F)(F)F)cc1C(=O)NCC1CC1. The van der Waals surface area contributed by atoms with Crippen LogP contribution in [0.1, 0.15) is 28.8 Å². The fourth-order valence-electron chi connectivity index (χ4n) is 1.78. The van der Waals surface area contributed by atoms with E-state index in [1.165, 1.54) is 6.07 Å². The minimum atomic E-state index is -4.45. The smallest absolute Gasteiger partial charge is 0.387 e. The van der Waals surface area contributed by atoms with Gasteiger partial charge in [0.15, 0.2) is 0 Å². The first kappa shape index (κ1) is 13.7. The first-order valence-electron chi connectivity index (χ1n) is 6.09. The Balaban J connectivity index is 2.21. The number of anilines is 1. The van der Waals surface area contributed by atoms with Crippen molar-refractivity contribution in [3.8, 4) is 0 Å². The van der Waals surface area contributed by atoms with Crippen molar-refractivity contribution < 1.29 is 18.0 Å². The summed E-state index contributed by atoms with van der Waals surface area (Å²) in [4.78, 5) is 11.9. The second-order valence-electron chi connectivity index (χ2n) is 4.66. The van der Waals surface area contributed by atoms with Gasteiger partial charge in [0.25, 0.3) is 5.91 Å². The minimum Gasteiger partial charge on any atom is -0.387 e. The number of hydrogen-bond donors (Lipinski definition) is 2. The summed E-state index contributed by atoms with van der Waals surface area (Å²) in [6.07, 6.45) is -2.30. The van der Waals surface area contributed by atoms with Crippen LogP contribution < -0.4 is 10.6 Å². The number of rotatable bonds is 4. The van der Waals surface area contributed by atoms with Crippen molar-refractivity contribution >= 4 is 11.6 Å². The van der Waals surface area contributed by atoms with E-state index in [1.807, 2.05) is 0 Å². The highest BCUT2D eigenvalue weighted by atomic mass is 19.4. The van der Waals surface area contributed by atoms with E-state index < -0.39 is 17.6 Å². The Morgan fingerprint density at radius 2 is 2.05 bits per heavy atom. The third kappa shape index (κ3) is 3.39. The Morgan fingerprint density at radius 1 is 1.37 bits per heavy atom. The molecule has 0 atom stereocenters. The van der Waals surface area contributed by atoms with Gasteiger partial charge in [-0.15, -0.1) is 0 Å². The first-order valence-corrected chi connectivity index (χ1v) is 6.09. The van der Waals surface area contributed by atoms with Gasteiger partial charge in [-0.3, -0.25) is 4.79 Å². The summed E-state index contributed by atoms with van der Waals surface area (Å²) in [6, 6.07) is 3.12. The molecule has 0 heterocycles. The van der Waals surface area contributed by atoms with Crippen molar-refractivity contribution in [1.82, 2.24) is 5.32 Å². The van der Waals surface area contributed by atoms with Gasteiger partial charge < -0.3 is 10.6 Å². The van der Waals surface area contributed by atoms with E-state index in [0.29, 0.717) is 18.2 Å². The van der Waals surface area contributed by atoms with Crippen LogP contribution in [-0.2, 0) is 6.18 Å². The predicted octanol–water partition coefficient (Wildman–Crippen LogP) is 2.89. The van der Waals surface area contributed by atoms with E-state index in [0.717, 1.165) is 25.0 Å². The lowest BCUT2D eigenvalue weighted by Crippen LogP contribution is -2.26. The maximum Gasteiger partial charge on any atom is 0.416 e. The van der Waals surface area contributed by atoms with Crippen molar-refractivity contribution in [2.75, 3.05) is 18.9 Å². The Kier molecular flexibility index (Phi) is 3.68. The number of carbonyl (C=O) groups is 1. The molecule has 0 aliphatic heterocycles. The molecule has 1 aromatic rings. The zero-order chi connectivity index (χ0) is 14.0. The molecule has 19 heavy (non-hydrogen) atoms. The molecular formula is C13H15F3N2O. The maximum atomic E-state index is 12.6. The van der Waals surface area contributed by atoms with E-state index in [9.17, 15) is 18.0 Å². The molecule has 3 nitrogen and oxygen atoms in total. The van der Waals surface area contributed by atoms with Crippen LogP contribution in [0.4, 0.5) is 18.9 Å². The highest BCUT2D eigenvalue weighted by molar-refractivity contribution is 5.99. The van der Waals surface area contributed by atoms with Crippen molar-refractivity contribution in [1.29, 1.82) is 0 Å².